The first-order chi connectivity index (χ1) is 10.5. The number of halogens is 1. The van der Waals surface area contributed by atoms with E-state index in [4.69, 9.17) is 12.2 Å². The monoisotopic (exact) mass is 376 g/mol. The molecule has 2 N–H and O–H groups in total. The molecule has 22 heavy (non-hydrogen) atoms. The SMILES string of the molecule is CCc1cccc(C)c1NC(=S)NC(=O)c1ccccc1Br. The van der Waals surface area contributed by atoms with Crippen LogP contribution in [-0.2, 0) is 6.42 Å². The summed E-state index contributed by atoms with van der Waals surface area (Å²) >= 11 is 8.63. The quantitative estimate of drug-likeness (QED) is 0.777. The van der Waals surface area contributed by atoms with Gasteiger partial charge in [-0.05, 0) is 64.8 Å². The van der Waals surface area contributed by atoms with Crippen LogP contribution in [0.25, 0.3) is 0 Å². The Morgan fingerprint density at radius 1 is 1.18 bits per heavy atom. The fraction of sp³-hybridized carbons (Fsp3) is 0.176. The largest absolute Gasteiger partial charge is 0.332 e. The van der Waals surface area contributed by atoms with Crippen LogP contribution in [0.1, 0.15) is 28.4 Å². The maximum Gasteiger partial charge on any atom is 0.258 e. The third kappa shape index (κ3) is 3.93. The first-order valence-corrected chi connectivity index (χ1v) is 8.18. The number of aryl methyl sites for hydroxylation is 2. The molecule has 0 fully saturated rings. The number of thiocarbonyl (C=S) groups is 1. The molecule has 2 rings (SSSR count). The van der Waals surface area contributed by atoms with Crippen molar-refractivity contribution in [2.24, 2.45) is 0 Å². The summed E-state index contributed by atoms with van der Waals surface area (Å²) in [6.07, 6.45) is 0.894. The van der Waals surface area contributed by atoms with E-state index >= 15 is 0 Å². The Morgan fingerprint density at radius 2 is 1.91 bits per heavy atom. The number of para-hydroxylation sites is 1. The van der Waals surface area contributed by atoms with Gasteiger partial charge in [-0.3, -0.25) is 10.1 Å². The lowest BCUT2D eigenvalue weighted by Crippen LogP contribution is -2.34. The van der Waals surface area contributed by atoms with E-state index in [0.717, 1.165) is 27.7 Å². The van der Waals surface area contributed by atoms with Crippen LogP contribution in [-0.4, -0.2) is 11.0 Å². The lowest BCUT2D eigenvalue weighted by atomic mass is 10.1. The van der Waals surface area contributed by atoms with E-state index in [-0.39, 0.29) is 5.91 Å². The Morgan fingerprint density at radius 3 is 2.59 bits per heavy atom. The highest BCUT2D eigenvalue weighted by atomic mass is 79.9. The van der Waals surface area contributed by atoms with Gasteiger partial charge < -0.3 is 5.32 Å². The van der Waals surface area contributed by atoms with Crippen LogP contribution in [0, 0.1) is 6.92 Å². The molecule has 0 aromatic heterocycles. The molecule has 0 aliphatic rings. The summed E-state index contributed by atoms with van der Waals surface area (Å²) in [5.41, 5.74) is 3.77. The Bertz CT molecular complexity index is 716. The minimum absolute atomic E-state index is 0.239. The summed E-state index contributed by atoms with van der Waals surface area (Å²) < 4.78 is 0.737. The number of anilines is 1. The fourth-order valence-electron chi connectivity index (χ4n) is 2.16. The van der Waals surface area contributed by atoms with Crippen molar-refractivity contribution < 1.29 is 4.79 Å². The predicted octanol–water partition coefficient (Wildman–Crippen LogP) is 4.45. The summed E-state index contributed by atoms with van der Waals surface area (Å²) in [5, 5.41) is 6.15. The molecule has 0 aliphatic heterocycles. The molecule has 0 bridgehead atoms. The highest BCUT2D eigenvalue weighted by molar-refractivity contribution is 9.10. The zero-order valence-corrected chi connectivity index (χ0v) is 14.8. The minimum Gasteiger partial charge on any atom is -0.332 e. The number of hydrogen-bond acceptors (Lipinski definition) is 2. The molecule has 0 aliphatic carbocycles. The van der Waals surface area contributed by atoms with Crippen molar-refractivity contribution in [1.82, 2.24) is 5.32 Å². The molecule has 0 unspecified atom stereocenters. The maximum absolute atomic E-state index is 12.2. The average Bonchev–Trinajstić information content (AvgIpc) is 2.49. The molecule has 0 atom stereocenters. The van der Waals surface area contributed by atoms with E-state index < -0.39 is 0 Å². The smallest absolute Gasteiger partial charge is 0.258 e. The van der Waals surface area contributed by atoms with Gasteiger partial charge in [-0.2, -0.15) is 0 Å². The molecule has 0 spiro atoms. The lowest BCUT2D eigenvalue weighted by molar-refractivity contribution is 0.0977. The van der Waals surface area contributed by atoms with Crippen LogP contribution in [0.3, 0.4) is 0 Å². The normalized spacial score (nSPS) is 10.1. The van der Waals surface area contributed by atoms with Gasteiger partial charge in [0.05, 0.1) is 5.56 Å². The molecule has 0 saturated heterocycles. The highest BCUT2D eigenvalue weighted by Gasteiger charge is 2.12. The first kappa shape index (κ1) is 16.6. The molecule has 0 saturated carbocycles. The lowest BCUT2D eigenvalue weighted by Gasteiger charge is -2.15. The van der Waals surface area contributed by atoms with Crippen LogP contribution < -0.4 is 10.6 Å². The summed E-state index contributed by atoms with van der Waals surface area (Å²) in [6.45, 7) is 4.10. The Balaban J connectivity index is 2.11. The number of rotatable bonds is 3. The van der Waals surface area contributed by atoms with Crippen molar-refractivity contribution >= 4 is 44.9 Å². The molecule has 2 aromatic rings. The molecule has 3 nitrogen and oxygen atoms in total. The van der Waals surface area contributed by atoms with E-state index in [2.05, 4.69) is 33.5 Å². The van der Waals surface area contributed by atoms with Gasteiger partial charge in [0.15, 0.2) is 5.11 Å². The number of benzene rings is 2. The predicted molar refractivity (Wildman–Crippen MR) is 98.4 cm³/mol. The van der Waals surface area contributed by atoms with Gasteiger partial charge in [0.25, 0.3) is 5.91 Å². The van der Waals surface area contributed by atoms with E-state index in [9.17, 15) is 4.79 Å². The number of nitrogens with one attached hydrogen (secondary N) is 2. The number of carbonyl (C=O) groups is 1. The van der Waals surface area contributed by atoms with Gasteiger partial charge >= 0.3 is 0 Å². The molecule has 1 amide bonds. The van der Waals surface area contributed by atoms with E-state index in [1.165, 1.54) is 0 Å². The van der Waals surface area contributed by atoms with Crippen molar-refractivity contribution in [3.8, 4) is 0 Å². The molecule has 114 valence electrons. The third-order valence-corrected chi connectivity index (χ3v) is 4.22. The van der Waals surface area contributed by atoms with Crippen LogP contribution in [0.4, 0.5) is 5.69 Å². The maximum atomic E-state index is 12.2. The van der Waals surface area contributed by atoms with Gasteiger partial charge in [0.2, 0.25) is 0 Å². The molecule has 0 heterocycles. The molecular weight excluding hydrogens is 360 g/mol. The van der Waals surface area contributed by atoms with Gasteiger partial charge in [-0.1, -0.05) is 37.3 Å². The van der Waals surface area contributed by atoms with Crippen molar-refractivity contribution in [2.75, 3.05) is 5.32 Å². The highest BCUT2D eigenvalue weighted by Crippen LogP contribution is 2.21. The Hall–Kier alpha value is -1.72. The summed E-state index contributed by atoms with van der Waals surface area (Å²) in [7, 11) is 0. The van der Waals surface area contributed by atoms with E-state index in [1.807, 2.05) is 43.3 Å². The molecule has 2 aromatic carbocycles. The second kappa shape index (κ2) is 7.51. The standard InChI is InChI=1S/C17H17BrN2OS/c1-3-12-8-6-7-11(2)15(12)19-17(22)20-16(21)13-9-4-5-10-14(13)18/h4-10H,3H2,1-2H3,(H2,19,20,21,22). The summed E-state index contributed by atoms with van der Waals surface area (Å²) in [4.78, 5) is 12.2. The van der Waals surface area contributed by atoms with Crippen LogP contribution in [0.2, 0.25) is 0 Å². The van der Waals surface area contributed by atoms with Crippen molar-refractivity contribution in [1.29, 1.82) is 0 Å². The average molecular weight is 377 g/mol. The molecular formula is C17H17BrN2OS. The van der Waals surface area contributed by atoms with Gasteiger partial charge in [0, 0.05) is 10.2 Å². The number of amides is 1. The zero-order chi connectivity index (χ0) is 16.1. The van der Waals surface area contributed by atoms with Crippen molar-refractivity contribution in [3.63, 3.8) is 0 Å². The molecule has 0 radical (unpaired) electrons. The topological polar surface area (TPSA) is 41.1 Å². The van der Waals surface area contributed by atoms with Crippen molar-refractivity contribution in [3.05, 3.63) is 63.6 Å². The van der Waals surface area contributed by atoms with Crippen LogP contribution in [0.15, 0.2) is 46.9 Å². The van der Waals surface area contributed by atoms with Gasteiger partial charge in [-0.25, -0.2) is 0 Å². The minimum atomic E-state index is -0.239. The zero-order valence-electron chi connectivity index (χ0n) is 12.4. The van der Waals surface area contributed by atoms with E-state index in [0.29, 0.717) is 10.7 Å². The first-order valence-electron chi connectivity index (χ1n) is 6.98. The molecule has 5 heteroatoms. The third-order valence-electron chi connectivity index (χ3n) is 3.32. The number of carbonyl (C=O) groups excluding carboxylic acids is 1. The van der Waals surface area contributed by atoms with Gasteiger partial charge in [-0.15, -0.1) is 0 Å². The Labute approximate surface area is 144 Å². The van der Waals surface area contributed by atoms with Crippen LogP contribution >= 0.6 is 28.1 Å². The van der Waals surface area contributed by atoms with E-state index in [1.54, 1.807) is 6.07 Å². The van der Waals surface area contributed by atoms with Crippen molar-refractivity contribution in [2.45, 2.75) is 20.3 Å². The van der Waals surface area contributed by atoms with Gasteiger partial charge in [0.1, 0.15) is 0 Å². The fourth-order valence-corrected chi connectivity index (χ4v) is 2.82. The Kier molecular flexibility index (Phi) is 5.69. The van der Waals surface area contributed by atoms with Crippen LogP contribution in [0.5, 0.6) is 0 Å². The second-order valence-corrected chi connectivity index (χ2v) is 6.11. The number of hydrogen-bond donors (Lipinski definition) is 2. The summed E-state index contributed by atoms with van der Waals surface area (Å²) in [6, 6.07) is 13.3. The summed E-state index contributed by atoms with van der Waals surface area (Å²) in [5.74, 6) is -0.239. The second-order valence-electron chi connectivity index (χ2n) is 4.85.